The van der Waals surface area contributed by atoms with E-state index in [2.05, 4.69) is 24.1 Å². The van der Waals surface area contributed by atoms with Crippen LogP contribution in [-0.2, 0) is 4.79 Å². The molecule has 0 spiro atoms. The normalized spacial score (nSPS) is 19.5. The minimum absolute atomic E-state index is 0.0619. The van der Waals surface area contributed by atoms with E-state index in [0.717, 1.165) is 0 Å². The fourth-order valence-corrected chi connectivity index (χ4v) is 2.21. The number of nitrogens with one attached hydrogen (secondary N) is 1. The van der Waals surface area contributed by atoms with E-state index in [-0.39, 0.29) is 11.9 Å². The first-order valence-electron chi connectivity index (χ1n) is 6.60. The summed E-state index contributed by atoms with van der Waals surface area (Å²) in [6, 6.07) is 0.447. The van der Waals surface area contributed by atoms with Gasteiger partial charge in [0.2, 0.25) is 5.91 Å². The van der Waals surface area contributed by atoms with Crippen LogP contribution in [0.15, 0.2) is 0 Å². The third-order valence-corrected chi connectivity index (χ3v) is 3.59. The van der Waals surface area contributed by atoms with E-state index < -0.39 is 0 Å². The minimum atomic E-state index is 0.0619. The predicted octanol–water partition coefficient (Wildman–Crippen LogP) is 0.816. The van der Waals surface area contributed by atoms with E-state index in [1.54, 1.807) is 0 Å². The molecule has 2 unspecified atom stereocenters. The van der Waals surface area contributed by atoms with Gasteiger partial charge in [-0.25, -0.2) is 0 Å². The molecule has 1 fully saturated rings. The number of hydrogen-bond donors (Lipinski definition) is 2. The van der Waals surface area contributed by atoms with E-state index in [1.165, 1.54) is 12.8 Å². The third-order valence-electron chi connectivity index (χ3n) is 3.59. The molecule has 4 nitrogen and oxygen atoms in total. The first-order chi connectivity index (χ1) is 7.91. The maximum absolute atomic E-state index is 11.7. The van der Waals surface area contributed by atoms with E-state index in [9.17, 15) is 4.79 Å². The second-order valence-corrected chi connectivity index (χ2v) is 5.78. The Morgan fingerprint density at radius 2 is 2.00 bits per heavy atom. The highest BCUT2D eigenvalue weighted by atomic mass is 16.1. The van der Waals surface area contributed by atoms with Gasteiger partial charge in [-0.15, -0.1) is 0 Å². The molecule has 1 rings (SSSR count). The van der Waals surface area contributed by atoms with Gasteiger partial charge in [-0.3, -0.25) is 4.79 Å². The first-order valence-corrected chi connectivity index (χ1v) is 6.60. The van der Waals surface area contributed by atoms with Crippen molar-refractivity contribution < 1.29 is 4.79 Å². The molecule has 1 aliphatic carbocycles. The molecule has 0 radical (unpaired) electrons. The third kappa shape index (κ3) is 5.04. The summed E-state index contributed by atoms with van der Waals surface area (Å²) in [4.78, 5) is 13.9. The SMILES string of the molecule is CC(C)C(CNC(=O)CC(N)C1CC1)N(C)C. The first kappa shape index (κ1) is 14.5. The smallest absolute Gasteiger partial charge is 0.221 e. The molecule has 100 valence electrons. The predicted molar refractivity (Wildman–Crippen MR) is 70.6 cm³/mol. The van der Waals surface area contributed by atoms with Crippen LogP contribution in [0.4, 0.5) is 0 Å². The lowest BCUT2D eigenvalue weighted by Crippen LogP contribution is -2.44. The van der Waals surface area contributed by atoms with Crippen molar-refractivity contribution >= 4 is 5.91 Å². The number of carbonyl (C=O) groups is 1. The van der Waals surface area contributed by atoms with Crippen LogP contribution >= 0.6 is 0 Å². The van der Waals surface area contributed by atoms with Crippen LogP contribution in [0.25, 0.3) is 0 Å². The Balaban J connectivity index is 2.25. The Morgan fingerprint density at radius 3 is 2.41 bits per heavy atom. The van der Waals surface area contributed by atoms with Crippen LogP contribution in [0.3, 0.4) is 0 Å². The van der Waals surface area contributed by atoms with Crippen LogP contribution in [0, 0.1) is 11.8 Å². The van der Waals surface area contributed by atoms with Crippen molar-refractivity contribution in [1.82, 2.24) is 10.2 Å². The highest BCUT2D eigenvalue weighted by Gasteiger charge is 2.29. The largest absolute Gasteiger partial charge is 0.354 e. The fraction of sp³-hybridized carbons (Fsp3) is 0.923. The van der Waals surface area contributed by atoms with Gasteiger partial charge in [-0.1, -0.05) is 13.8 Å². The highest BCUT2D eigenvalue weighted by Crippen LogP contribution is 2.32. The Labute approximate surface area is 105 Å². The molecule has 1 aliphatic rings. The average Bonchev–Trinajstić information content (AvgIpc) is 2.99. The molecule has 4 heteroatoms. The number of likely N-dealkylation sites (N-methyl/N-ethyl adjacent to an activating group) is 1. The van der Waals surface area contributed by atoms with Gasteiger partial charge in [0.05, 0.1) is 0 Å². The molecular weight excluding hydrogens is 214 g/mol. The van der Waals surface area contributed by atoms with Crippen LogP contribution < -0.4 is 11.1 Å². The van der Waals surface area contributed by atoms with Crippen LogP contribution in [0.2, 0.25) is 0 Å². The number of rotatable bonds is 7. The van der Waals surface area contributed by atoms with E-state index in [4.69, 9.17) is 5.73 Å². The zero-order valence-corrected chi connectivity index (χ0v) is 11.6. The second-order valence-electron chi connectivity index (χ2n) is 5.78. The summed E-state index contributed by atoms with van der Waals surface area (Å²) in [6.07, 6.45) is 2.87. The Morgan fingerprint density at radius 1 is 1.41 bits per heavy atom. The monoisotopic (exact) mass is 241 g/mol. The summed E-state index contributed by atoms with van der Waals surface area (Å²) < 4.78 is 0. The molecule has 1 saturated carbocycles. The molecule has 3 N–H and O–H groups in total. The van der Waals surface area contributed by atoms with E-state index in [0.29, 0.717) is 30.8 Å². The fourth-order valence-electron chi connectivity index (χ4n) is 2.21. The minimum Gasteiger partial charge on any atom is -0.354 e. The lowest BCUT2D eigenvalue weighted by Gasteiger charge is -2.28. The van der Waals surface area contributed by atoms with Gasteiger partial charge in [0, 0.05) is 25.0 Å². The topological polar surface area (TPSA) is 58.4 Å². The molecule has 0 aromatic heterocycles. The summed E-state index contributed by atoms with van der Waals surface area (Å²) in [5, 5.41) is 3.00. The maximum Gasteiger partial charge on any atom is 0.221 e. The molecule has 0 aromatic rings. The van der Waals surface area contributed by atoms with Gasteiger partial charge >= 0.3 is 0 Å². The Kier molecular flexibility index (Phi) is 5.40. The lowest BCUT2D eigenvalue weighted by atomic mass is 10.0. The van der Waals surface area contributed by atoms with Gasteiger partial charge in [0.1, 0.15) is 0 Å². The van der Waals surface area contributed by atoms with Crippen molar-refractivity contribution in [2.24, 2.45) is 17.6 Å². The molecule has 2 atom stereocenters. The van der Waals surface area contributed by atoms with Crippen molar-refractivity contribution in [3.8, 4) is 0 Å². The van der Waals surface area contributed by atoms with Gasteiger partial charge in [0.25, 0.3) is 0 Å². The Hall–Kier alpha value is -0.610. The summed E-state index contributed by atoms with van der Waals surface area (Å²) in [5.74, 6) is 1.22. The van der Waals surface area contributed by atoms with E-state index >= 15 is 0 Å². The molecule has 0 heterocycles. The van der Waals surface area contributed by atoms with Crippen molar-refractivity contribution in [2.75, 3.05) is 20.6 Å². The second kappa shape index (κ2) is 6.36. The Bertz CT molecular complexity index is 241. The summed E-state index contributed by atoms with van der Waals surface area (Å²) in [7, 11) is 4.10. The van der Waals surface area contributed by atoms with Crippen LogP contribution in [0.5, 0.6) is 0 Å². The van der Waals surface area contributed by atoms with Crippen molar-refractivity contribution in [3.05, 3.63) is 0 Å². The molecule has 0 aliphatic heterocycles. The average molecular weight is 241 g/mol. The number of nitrogens with zero attached hydrogens (tertiary/aromatic N) is 1. The van der Waals surface area contributed by atoms with Gasteiger partial charge < -0.3 is 16.0 Å². The zero-order chi connectivity index (χ0) is 13.0. The lowest BCUT2D eigenvalue weighted by molar-refractivity contribution is -0.121. The molecule has 0 aromatic carbocycles. The number of hydrogen-bond acceptors (Lipinski definition) is 3. The van der Waals surface area contributed by atoms with Crippen LogP contribution in [0.1, 0.15) is 33.1 Å². The van der Waals surface area contributed by atoms with Crippen LogP contribution in [-0.4, -0.2) is 43.5 Å². The molecule has 1 amide bonds. The molecular formula is C13H27N3O. The maximum atomic E-state index is 11.7. The van der Waals surface area contributed by atoms with E-state index in [1.807, 2.05) is 14.1 Å². The van der Waals surface area contributed by atoms with Crippen molar-refractivity contribution in [3.63, 3.8) is 0 Å². The zero-order valence-electron chi connectivity index (χ0n) is 11.6. The van der Waals surface area contributed by atoms with Crippen molar-refractivity contribution in [1.29, 1.82) is 0 Å². The standard InChI is InChI=1S/C13H27N3O/c1-9(2)12(16(3)4)8-15-13(17)7-11(14)10-5-6-10/h9-12H,5-8,14H2,1-4H3,(H,15,17). The van der Waals surface area contributed by atoms with Gasteiger partial charge in [-0.05, 0) is 38.8 Å². The number of carbonyl (C=O) groups excluding carboxylic acids is 1. The highest BCUT2D eigenvalue weighted by molar-refractivity contribution is 5.76. The quantitative estimate of drug-likeness (QED) is 0.693. The molecule has 17 heavy (non-hydrogen) atoms. The summed E-state index contributed by atoms with van der Waals surface area (Å²) >= 11 is 0. The number of nitrogens with two attached hydrogens (primary N) is 1. The van der Waals surface area contributed by atoms with Gasteiger partial charge in [-0.2, -0.15) is 0 Å². The summed E-state index contributed by atoms with van der Waals surface area (Å²) in [5.41, 5.74) is 5.93. The molecule has 0 saturated heterocycles. The number of amides is 1. The summed E-state index contributed by atoms with van der Waals surface area (Å²) in [6.45, 7) is 5.06. The molecule has 0 bridgehead atoms. The van der Waals surface area contributed by atoms with Gasteiger partial charge in [0.15, 0.2) is 0 Å². The van der Waals surface area contributed by atoms with Crippen molar-refractivity contribution in [2.45, 2.75) is 45.2 Å².